The Balaban J connectivity index is 2.31. The number of benzene rings is 1. The second kappa shape index (κ2) is 5.17. The molecule has 1 fully saturated rings. The molecule has 1 nitrogen and oxygen atoms in total. The van der Waals surface area contributed by atoms with E-state index in [4.69, 9.17) is 23.2 Å². The van der Waals surface area contributed by atoms with E-state index in [-0.39, 0.29) is 5.41 Å². The first kappa shape index (κ1) is 13.2. The molecule has 0 aromatic heterocycles. The minimum Gasteiger partial charge on any atom is -0.314 e. The Hall–Kier alpha value is -0.240. The normalized spacial score (nSPS) is 19.8. The summed E-state index contributed by atoms with van der Waals surface area (Å²) in [6.07, 6.45) is 3.77. The average molecular weight is 272 g/mol. The zero-order valence-corrected chi connectivity index (χ0v) is 11.9. The Bertz CT molecular complexity index is 399. The SMILES string of the molecule is CCNC(C)C1(c2ccc(Cl)c(Cl)c2)CCC1. The van der Waals surface area contributed by atoms with Crippen molar-refractivity contribution in [3.05, 3.63) is 33.8 Å². The molecule has 0 bridgehead atoms. The number of hydrogen-bond acceptors (Lipinski definition) is 1. The molecule has 1 atom stereocenters. The maximum absolute atomic E-state index is 6.13. The molecule has 1 N–H and O–H groups in total. The highest BCUT2D eigenvalue weighted by molar-refractivity contribution is 6.42. The van der Waals surface area contributed by atoms with Crippen molar-refractivity contribution in [3.8, 4) is 0 Å². The van der Waals surface area contributed by atoms with Crippen LogP contribution in [-0.4, -0.2) is 12.6 Å². The van der Waals surface area contributed by atoms with Crippen molar-refractivity contribution < 1.29 is 0 Å². The van der Waals surface area contributed by atoms with Gasteiger partial charge in [0.25, 0.3) is 0 Å². The number of nitrogens with one attached hydrogen (secondary N) is 1. The second-order valence-corrected chi connectivity index (χ2v) is 5.73. The van der Waals surface area contributed by atoms with Crippen LogP contribution in [0.3, 0.4) is 0 Å². The highest BCUT2D eigenvalue weighted by atomic mass is 35.5. The van der Waals surface area contributed by atoms with Crippen molar-refractivity contribution in [1.82, 2.24) is 5.32 Å². The van der Waals surface area contributed by atoms with Gasteiger partial charge in [-0.05, 0) is 44.0 Å². The molecule has 3 heteroatoms. The molecule has 1 aromatic carbocycles. The van der Waals surface area contributed by atoms with Gasteiger partial charge >= 0.3 is 0 Å². The smallest absolute Gasteiger partial charge is 0.0595 e. The van der Waals surface area contributed by atoms with Crippen molar-refractivity contribution in [3.63, 3.8) is 0 Å². The third-order valence-electron chi connectivity index (χ3n) is 4.08. The fourth-order valence-electron chi connectivity index (χ4n) is 2.84. The van der Waals surface area contributed by atoms with Gasteiger partial charge in [-0.25, -0.2) is 0 Å². The molecule has 0 radical (unpaired) electrons. The van der Waals surface area contributed by atoms with E-state index in [0.29, 0.717) is 16.1 Å². The maximum Gasteiger partial charge on any atom is 0.0595 e. The minimum absolute atomic E-state index is 0.254. The van der Waals surface area contributed by atoms with Crippen LogP contribution in [0.1, 0.15) is 38.7 Å². The van der Waals surface area contributed by atoms with E-state index >= 15 is 0 Å². The van der Waals surface area contributed by atoms with Crippen LogP contribution < -0.4 is 5.32 Å². The summed E-state index contributed by atoms with van der Waals surface area (Å²) in [7, 11) is 0. The van der Waals surface area contributed by atoms with Gasteiger partial charge in [-0.2, -0.15) is 0 Å². The van der Waals surface area contributed by atoms with Crippen LogP contribution in [-0.2, 0) is 5.41 Å². The highest BCUT2D eigenvalue weighted by Crippen LogP contribution is 2.47. The number of likely N-dealkylation sites (N-methyl/N-ethyl adjacent to an activating group) is 1. The molecular formula is C14H19Cl2N. The van der Waals surface area contributed by atoms with Crippen molar-refractivity contribution >= 4 is 23.2 Å². The molecule has 0 spiro atoms. The minimum atomic E-state index is 0.254. The first-order chi connectivity index (χ1) is 8.10. The molecule has 1 aliphatic carbocycles. The van der Waals surface area contributed by atoms with Crippen LogP contribution >= 0.6 is 23.2 Å². The summed E-state index contributed by atoms with van der Waals surface area (Å²) in [5, 5.41) is 4.85. The molecule has 0 saturated heterocycles. The fourth-order valence-corrected chi connectivity index (χ4v) is 3.13. The van der Waals surface area contributed by atoms with E-state index in [9.17, 15) is 0 Å². The summed E-state index contributed by atoms with van der Waals surface area (Å²) in [6, 6.07) is 6.56. The van der Waals surface area contributed by atoms with Crippen LogP contribution in [0.4, 0.5) is 0 Å². The molecule has 2 rings (SSSR count). The third kappa shape index (κ3) is 2.33. The lowest BCUT2D eigenvalue weighted by Crippen LogP contribution is -2.51. The molecule has 1 unspecified atom stereocenters. The van der Waals surface area contributed by atoms with E-state index in [2.05, 4.69) is 25.2 Å². The van der Waals surface area contributed by atoms with Crippen LogP contribution in [0.25, 0.3) is 0 Å². The number of halogens is 2. The van der Waals surface area contributed by atoms with Gasteiger partial charge in [0.15, 0.2) is 0 Å². The van der Waals surface area contributed by atoms with Crippen molar-refractivity contribution in [2.45, 2.75) is 44.6 Å². The average Bonchev–Trinajstić information content (AvgIpc) is 2.22. The third-order valence-corrected chi connectivity index (χ3v) is 4.82. The molecule has 17 heavy (non-hydrogen) atoms. The quantitative estimate of drug-likeness (QED) is 0.855. The Morgan fingerprint density at radius 2 is 2.00 bits per heavy atom. The first-order valence-corrected chi connectivity index (χ1v) is 7.04. The summed E-state index contributed by atoms with van der Waals surface area (Å²) in [4.78, 5) is 0. The van der Waals surface area contributed by atoms with Crippen molar-refractivity contribution in [2.24, 2.45) is 0 Å². The predicted molar refractivity (Wildman–Crippen MR) is 75.1 cm³/mol. The summed E-state index contributed by atoms with van der Waals surface area (Å²) in [5.74, 6) is 0. The van der Waals surface area contributed by atoms with Crippen LogP contribution in [0.5, 0.6) is 0 Å². The van der Waals surface area contributed by atoms with Crippen molar-refractivity contribution in [1.29, 1.82) is 0 Å². The van der Waals surface area contributed by atoms with Gasteiger partial charge in [-0.3, -0.25) is 0 Å². The zero-order chi connectivity index (χ0) is 12.5. The standard InChI is InChI=1S/C14H19Cl2N/c1-3-17-10(2)14(7-4-8-14)11-5-6-12(15)13(16)9-11/h5-6,9-10,17H,3-4,7-8H2,1-2H3. The second-order valence-electron chi connectivity index (χ2n) is 4.92. The molecule has 1 aromatic rings. The van der Waals surface area contributed by atoms with Gasteiger partial charge in [0.1, 0.15) is 0 Å². The van der Waals surface area contributed by atoms with Gasteiger partial charge in [-0.1, -0.05) is 42.6 Å². The summed E-state index contributed by atoms with van der Waals surface area (Å²) < 4.78 is 0. The van der Waals surface area contributed by atoms with E-state index < -0.39 is 0 Å². The molecule has 0 amide bonds. The molecule has 0 aliphatic heterocycles. The first-order valence-electron chi connectivity index (χ1n) is 6.29. The summed E-state index contributed by atoms with van der Waals surface area (Å²) in [5.41, 5.74) is 1.58. The molecule has 0 heterocycles. The Labute approximate surface area is 114 Å². The van der Waals surface area contributed by atoms with Gasteiger partial charge < -0.3 is 5.32 Å². The monoisotopic (exact) mass is 271 g/mol. The lowest BCUT2D eigenvalue weighted by molar-refractivity contribution is 0.181. The molecule has 94 valence electrons. The van der Waals surface area contributed by atoms with Gasteiger partial charge in [-0.15, -0.1) is 0 Å². The number of rotatable bonds is 4. The zero-order valence-electron chi connectivity index (χ0n) is 10.4. The van der Waals surface area contributed by atoms with E-state index in [0.717, 1.165) is 6.54 Å². The van der Waals surface area contributed by atoms with E-state index in [1.165, 1.54) is 24.8 Å². The van der Waals surface area contributed by atoms with Crippen molar-refractivity contribution in [2.75, 3.05) is 6.54 Å². The highest BCUT2D eigenvalue weighted by Gasteiger charge is 2.43. The Morgan fingerprint density at radius 3 is 2.47 bits per heavy atom. The van der Waals surface area contributed by atoms with Gasteiger partial charge in [0.05, 0.1) is 10.0 Å². The lowest BCUT2D eigenvalue weighted by Gasteiger charge is -2.47. The summed E-state index contributed by atoms with van der Waals surface area (Å²) in [6.45, 7) is 5.42. The lowest BCUT2D eigenvalue weighted by atomic mass is 9.60. The maximum atomic E-state index is 6.13. The fraction of sp³-hybridized carbons (Fsp3) is 0.571. The van der Waals surface area contributed by atoms with Crippen LogP contribution in [0, 0.1) is 0 Å². The molecular weight excluding hydrogens is 253 g/mol. The van der Waals surface area contributed by atoms with Crippen LogP contribution in [0.15, 0.2) is 18.2 Å². The Kier molecular flexibility index (Phi) is 4.02. The van der Waals surface area contributed by atoms with Crippen LogP contribution in [0.2, 0.25) is 10.0 Å². The van der Waals surface area contributed by atoms with E-state index in [1.807, 2.05) is 12.1 Å². The topological polar surface area (TPSA) is 12.0 Å². The molecule has 1 saturated carbocycles. The molecule has 1 aliphatic rings. The largest absolute Gasteiger partial charge is 0.314 e. The Morgan fingerprint density at radius 1 is 1.29 bits per heavy atom. The summed E-state index contributed by atoms with van der Waals surface area (Å²) >= 11 is 12.1. The number of hydrogen-bond donors (Lipinski definition) is 1. The van der Waals surface area contributed by atoms with Gasteiger partial charge in [0.2, 0.25) is 0 Å². The van der Waals surface area contributed by atoms with E-state index in [1.54, 1.807) is 0 Å². The predicted octanol–water partition coefficient (Wildman–Crippen LogP) is 4.41. The van der Waals surface area contributed by atoms with Gasteiger partial charge in [0, 0.05) is 11.5 Å².